The Bertz CT molecular complexity index is 559. The first-order chi connectivity index (χ1) is 9.08. The Morgan fingerprint density at radius 3 is 2.68 bits per heavy atom. The van der Waals surface area contributed by atoms with Crippen molar-refractivity contribution in [3.05, 3.63) is 65.1 Å². The lowest BCUT2D eigenvalue weighted by atomic mass is 9.98. The van der Waals surface area contributed by atoms with Gasteiger partial charge < -0.3 is 0 Å². The third-order valence-corrected chi connectivity index (χ3v) is 3.31. The molecule has 0 N–H and O–H groups in total. The number of pyridine rings is 2. The van der Waals surface area contributed by atoms with Gasteiger partial charge >= 0.3 is 0 Å². The molecule has 2 heterocycles. The third kappa shape index (κ3) is 3.40. The fraction of sp³-hybridized carbons (Fsp3) is 0.353. The number of aromatic nitrogens is 2. The summed E-state index contributed by atoms with van der Waals surface area (Å²) in [7, 11) is 0. The van der Waals surface area contributed by atoms with Crippen molar-refractivity contribution in [2.45, 2.75) is 40.0 Å². The molecule has 0 saturated heterocycles. The summed E-state index contributed by atoms with van der Waals surface area (Å²) in [5.74, 6) is 0.493. The van der Waals surface area contributed by atoms with Crippen LogP contribution in [0.25, 0.3) is 0 Å². The van der Waals surface area contributed by atoms with Crippen LogP contribution in [0.15, 0.2) is 30.6 Å². The van der Waals surface area contributed by atoms with E-state index in [1.807, 2.05) is 18.5 Å². The normalized spacial score (nSPS) is 11.0. The minimum absolute atomic E-state index is 0.493. The van der Waals surface area contributed by atoms with Crippen molar-refractivity contribution >= 4 is 0 Å². The average Bonchev–Trinajstić information content (AvgIpc) is 2.38. The van der Waals surface area contributed by atoms with Crippen LogP contribution in [0.5, 0.6) is 0 Å². The van der Waals surface area contributed by atoms with Gasteiger partial charge in [0.25, 0.3) is 0 Å². The molecule has 0 spiro atoms. The summed E-state index contributed by atoms with van der Waals surface area (Å²) in [5.41, 5.74) is 5.97. The molecule has 0 aromatic carbocycles. The maximum atomic E-state index is 4.51. The second kappa shape index (κ2) is 5.96. The van der Waals surface area contributed by atoms with Gasteiger partial charge in [0, 0.05) is 30.2 Å². The van der Waals surface area contributed by atoms with Crippen LogP contribution in [0.2, 0.25) is 0 Å². The fourth-order valence-corrected chi connectivity index (χ4v) is 2.24. The number of hydrogen-bond donors (Lipinski definition) is 0. The summed E-state index contributed by atoms with van der Waals surface area (Å²) in [6, 6.07) is 6.33. The van der Waals surface area contributed by atoms with Crippen LogP contribution in [-0.4, -0.2) is 9.97 Å². The first-order valence-electron chi connectivity index (χ1n) is 6.78. The van der Waals surface area contributed by atoms with E-state index in [1.165, 1.54) is 16.7 Å². The molecule has 2 aromatic rings. The Hall–Kier alpha value is -1.70. The van der Waals surface area contributed by atoms with E-state index in [0.717, 1.165) is 17.8 Å². The van der Waals surface area contributed by atoms with E-state index in [9.17, 15) is 0 Å². The molecular weight excluding hydrogens is 232 g/mol. The molecular formula is C17H21N2. The zero-order valence-electron chi connectivity index (χ0n) is 12.1. The smallest absolute Gasteiger partial charge is 0.0479 e. The van der Waals surface area contributed by atoms with Crippen LogP contribution >= 0.6 is 0 Å². The van der Waals surface area contributed by atoms with Gasteiger partial charge in [-0.3, -0.25) is 9.97 Å². The summed E-state index contributed by atoms with van der Waals surface area (Å²) < 4.78 is 0. The number of hydrogen-bond acceptors (Lipinski definition) is 2. The summed E-state index contributed by atoms with van der Waals surface area (Å²) >= 11 is 0. The molecule has 0 saturated carbocycles. The van der Waals surface area contributed by atoms with E-state index in [0.29, 0.717) is 5.92 Å². The molecule has 2 heteroatoms. The Morgan fingerprint density at radius 1 is 1.21 bits per heavy atom. The molecule has 2 aromatic heterocycles. The predicted molar refractivity (Wildman–Crippen MR) is 79.1 cm³/mol. The van der Waals surface area contributed by atoms with E-state index < -0.39 is 0 Å². The van der Waals surface area contributed by atoms with Crippen molar-refractivity contribution in [3.8, 4) is 0 Å². The van der Waals surface area contributed by atoms with Crippen molar-refractivity contribution in [1.82, 2.24) is 9.97 Å². The minimum atomic E-state index is 0.493. The first kappa shape index (κ1) is 13.7. The molecule has 0 fully saturated rings. The van der Waals surface area contributed by atoms with Crippen LogP contribution in [0.4, 0.5) is 0 Å². The van der Waals surface area contributed by atoms with Gasteiger partial charge in [0.2, 0.25) is 0 Å². The molecule has 0 amide bonds. The van der Waals surface area contributed by atoms with Crippen molar-refractivity contribution in [2.24, 2.45) is 0 Å². The standard InChI is InChI=1S/C17H21N2/c1-12(2)15-6-5-9-18-17(15)8-7-16-14(4)10-13(3)11-19-16/h5-6,8-12H,7H2,1-4H3. The van der Waals surface area contributed by atoms with Crippen molar-refractivity contribution in [1.29, 1.82) is 0 Å². The maximum absolute atomic E-state index is 4.51. The lowest BCUT2D eigenvalue weighted by molar-refractivity contribution is 0.839. The largest absolute Gasteiger partial charge is 0.261 e. The van der Waals surface area contributed by atoms with Crippen LogP contribution in [0.1, 0.15) is 47.8 Å². The maximum Gasteiger partial charge on any atom is 0.0479 e. The monoisotopic (exact) mass is 253 g/mol. The van der Waals surface area contributed by atoms with Gasteiger partial charge in [-0.25, -0.2) is 0 Å². The van der Waals surface area contributed by atoms with Crippen LogP contribution < -0.4 is 0 Å². The Morgan fingerprint density at radius 2 is 2.00 bits per heavy atom. The van der Waals surface area contributed by atoms with E-state index in [-0.39, 0.29) is 0 Å². The Balaban J connectivity index is 2.14. The summed E-state index contributed by atoms with van der Waals surface area (Å²) in [6.07, 6.45) is 6.80. The summed E-state index contributed by atoms with van der Waals surface area (Å²) in [6.45, 7) is 8.58. The highest BCUT2D eigenvalue weighted by atomic mass is 14.7. The first-order valence-corrected chi connectivity index (χ1v) is 6.78. The highest BCUT2D eigenvalue weighted by Gasteiger charge is 2.09. The van der Waals surface area contributed by atoms with E-state index in [2.05, 4.69) is 56.2 Å². The molecule has 0 aliphatic rings. The highest BCUT2D eigenvalue weighted by molar-refractivity contribution is 5.32. The van der Waals surface area contributed by atoms with Crippen molar-refractivity contribution in [2.75, 3.05) is 0 Å². The summed E-state index contributed by atoms with van der Waals surface area (Å²) in [5, 5.41) is 0. The van der Waals surface area contributed by atoms with Gasteiger partial charge in [-0.05, 0) is 48.9 Å². The van der Waals surface area contributed by atoms with Gasteiger partial charge in [0.15, 0.2) is 0 Å². The van der Waals surface area contributed by atoms with Crippen LogP contribution in [0.3, 0.4) is 0 Å². The second-order valence-corrected chi connectivity index (χ2v) is 5.32. The lowest BCUT2D eigenvalue weighted by Crippen LogP contribution is -2.02. The van der Waals surface area contributed by atoms with E-state index in [1.54, 1.807) is 0 Å². The Labute approximate surface area is 115 Å². The average molecular weight is 253 g/mol. The highest BCUT2D eigenvalue weighted by Crippen LogP contribution is 2.20. The second-order valence-electron chi connectivity index (χ2n) is 5.32. The predicted octanol–water partition coefficient (Wildman–Crippen LogP) is 4.01. The molecule has 0 aliphatic heterocycles. The van der Waals surface area contributed by atoms with Gasteiger partial charge in [0.1, 0.15) is 0 Å². The molecule has 1 radical (unpaired) electrons. The zero-order valence-corrected chi connectivity index (χ0v) is 12.1. The van der Waals surface area contributed by atoms with E-state index >= 15 is 0 Å². The lowest BCUT2D eigenvalue weighted by Gasteiger charge is -2.11. The van der Waals surface area contributed by atoms with E-state index in [4.69, 9.17) is 0 Å². The molecule has 0 aliphatic carbocycles. The molecule has 0 bridgehead atoms. The van der Waals surface area contributed by atoms with Gasteiger partial charge in [-0.15, -0.1) is 0 Å². The number of aryl methyl sites for hydroxylation is 2. The van der Waals surface area contributed by atoms with Crippen LogP contribution in [-0.2, 0) is 6.42 Å². The topological polar surface area (TPSA) is 25.8 Å². The van der Waals surface area contributed by atoms with Gasteiger partial charge in [-0.2, -0.15) is 0 Å². The zero-order chi connectivity index (χ0) is 13.8. The third-order valence-electron chi connectivity index (χ3n) is 3.31. The molecule has 0 unspecified atom stereocenters. The van der Waals surface area contributed by atoms with Gasteiger partial charge in [0.05, 0.1) is 0 Å². The number of rotatable bonds is 4. The van der Waals surface area contributed by atoms with Gasteiger partial charge in [-0.1, -0.05) is 26.0 Å². The fourth-order valence-electron chi connectivity index (χ4n) is 2.24. The molecule has 99 valence electrons. The van der Waals surface area contributed by atoms with Crippen molar-refractivity contribution in [3.63, 3.8) is 0 Å². The number of nitrogens with zero attached hydrogens (tertiary/aromatic N) is 2. The molecule has 2 rings (SSSR count). The molecule has 19 heavy (non-hydrogen) atoms. The SMILES string of the molecule is Cc1cnc(C[CH]c2ncccc2C(C)C)c(C)c1. The molecule has 0 atom stereocenters. The van der Waals surface area contributed by atoms with Crippen LogP contribution in [0, 0.1) is 20.3 Å². The van der Waals surface area contributed by atoms with Crippen molar-refractivity contribution < 1.29 is 0 Å². The quantitative estimate of drug-likeness (QED) is 0.822. The molecule has 2 nitrogen and oxygen atoms in total. The minimum Gasteiger partial charge on any atom is -0.261 e. The summed E-state index contributed by atoms with van der Waals surface area (Å²) in [4.78, 5) is 8.99. The Kier molecular flexibility index (Phi) is 4.31.